The lowest BCUT2D eigenvalue weighted by Gasteiger charge is -2.24. The third-order valence-electron chi connectivity index (χ3n) is 3.95. The molecule has 0 saturated heterocycles. The number of aryl methyl sites for hydroxylation is 1. The second-order valence-electron chi connectivity index (χ2n) is 5.49. The first kappa shape index (κ1) is 13.2. The molecule has 6 heteroatoms. The number of rotatable bonds is 3. The fraction of sp³-hybridized carbons (Fsp3) is 0.571. The van der Waals surface area contributed by atoms with Crippen LogP contribution in [0.15, 0.2) is 16.9 Å². The summed E-state index contributed by atoms with van der Waals surface area (Å²) in [6, 6.07) is 0. The predicted molar refractivity (Wildman–Crippen MR) is 73.8 cm³/mol. The van der Waals surface area contributed by atoms with Crippen molar-refractivity contribution in [2.75, 3.05) is 6.54 Å². The van der Waals surface area contributed by atoms with E-state index in [1.807, 2.05) is 6.92 Å². The summed E-state index contributed by atoms with van der Waals surface area (Å²) >= 11 is 0. The monoisotopic (exact) mass is 273 g/mol. The highest BCUT2D eigenvalue weighted by atomic mass is 16.5. The standard InChI is InChI=1S/C14H19N5O/c1-9-7-16-12(17-8-9)13-18-14(20-19-13)11-4-2-10(6-15)3-5-11/h7-8,10-11H,2-6,15H2,1H3. The van der Waals surface area contributed by atoms with E-state index >= 15 is 0 Å². The Morgan fingerprint density at radius 2 is 1.85 bits per heavy atom. The minimum absolute atomic E-state index is 0.351. The molecule has 2 heterocycles. The van der Waals surface area contributed by atoms with Gasteiger partial charge in [0, 0.05) is 18.3 Å². The molecule has 0 aromatic carbocycles. The second kappa shape index (κ2) is 5.66. The molecule has 3 rings (SSSR count). The van der Waals surface area contributed by atoms with Gasteiger partial charge in [-0.2, -0.15) is 4.98 Å². The molecule has 1 saturated carbocycles. The fourth-order valence-electron chi connectivity index (χ4n) is 2.65. The predicted octanol–water partition coefficient (Wildman–Crippen LogP) is 2.07. The van der Waals surface area contributed by atoms with Crippen LogP contribution in [0, 0.1) is 12.8 Å². The number of nitrogens with two attached hydrogens (primary N) is 1. The summed E-state index contributed by atoms with van der Waals surface area (Å²) in [6.07, 6.45) is 7.92. The van der Waals surface area contributed by atoms with Gasteiger partial charge in [-0.05, 0) is 50.6 Å². The Kier molecular flexibility index (Phi) is 3.73. The maximum absolute atomic E-state index is 5.71. The minimum Gasteiger partial charge on any atom is -0.339 e. The van der Waals surface area contributed by atoms with E-state index in [9.17, 15) is 0 Å². The van der Waals surface area contributed by atoms with Gasteiger partial charge in [0.2, 0.25) is 17.5 Å². The zero-order valence-corrected chi connectivity index (χ0v) is 11.6. The van der Waals surface area contributed by atoms with Crippen molar-refractivity contribution < 1.29 is 4.52 Å². The van der Waals surface area contributed by atoms with Crippen LogP contribution < -0.4 is 5.73 Å². The molecule has 6 nitrogen and oxygen atoms in total. The van der Waals surface area contributed by atoms with Gasteiger partial charge in [0.15, 0.2) is 0 Å². The van der Waals surface area contributed by atoms with Crippen LogP contribution in [0.25, 0.3) is 11.6 Å². The van der Waals surface area contributed by atoms with Crippen LogP contribution in [0.4, 0.5) is 0 Å². The second-order valence-corrected chi connectivity index (χ2v) is 5.49. The molecule has 1 aliphatic rings. The van der Waals surface area contributed by atoms with Gasteiger partial charge >= 0.3 is 0 Å². The average Bonchev–Trinajstić information content (AvgIpc) is 2.98. The number of aromatic nitrogens is 4. The Balaban J connectivity index is 1.72. The molecule has 2 aromatic rings. The molecule has 2 aromatic heterocycles. The van der Waals surface area contributed by atoms with E-state index in [0.29, 0.717) is 29.4 Å². The maximum Gasteiger partial charge on any atom is 0.240 e. The lowest BCUT2D eigenvalue weighted by Crippen LogP contribution is -2.20. The lowest BCUT2D eigenvalue weighted by molar-refractivity contribution is 0.275. The molecule has 106 valence electrons. The first-order chi connectivity index (χ1) is 9.76. The molecule has 0 aliphatic heterocycles. The van der Waals surface area contributed by atoms with Crippen LogP contribution in [-0.2, 0) is 0 Å². The molecule has 0 radical (unpaired) electrons. The van der Waals surface area contributed by atoms with Crippen LogP contribution >= 0.6 is 0 Å². The summed E-state index contributed by atoms with van der Waals surface area (Å²) in [5.74, 6) is 2.69. The summed E-state index contributed by atoms with van der Waals surface area (Å²) in [5.41, 5.74) is 6.72. The maximum atomic E-state index is 5.71. The molecule has 1 fully saturated rings. The Labute approximate surface area is 117 Å². The van der Waals surface area contributed by atoms with Crippen LogP contribution in [-0.4, -0.2) is 26.7 Å². The average molecular weight is 273 g/mol. The largest absolute Gasteiger partial charge is 0.339 e. The highest BCUT2D eigenvalue weighted by Crippen LogP contribution is 2.34. The Morgan fingerprint density at radius 3 is 2.50 bits per heavy atom. The van der Waals surface area contributed by atoms with Crippen molar-refractivity contribution >= 4 is 0 Å². The Bertz CT molecular complexity index is 557. The highest BCUT2D eigenvalue weighted by molar-refractivity contribution is 5.41. The van der Waals surface area contributed by atoms with Gasteiger partial charge < -0.3 is 10.3 Å². The molecular formula is C14H19N5O. The van der Waals surface area contributed by atoms with Crippen LogP contribution in [0.1, 0.15) is 43.1 Å². The number of hydrogen-bond donors (Lipinski definition) is 1. The van der Waals surface area contributed by atoms with E-state index in [1.165, 1.54) is 0 Å². The molecule has 0 atom stereocenters. The molecule has 20 heavy (non-hydrogen) atoms. The first-order valence-corrected chi connectivity index (χ1v) is 7.09. The highest BCUT2D eigenvalue weighted by Gasteiger charge is 2.26. The van der Waals surface area contributed by atoms with Gasteiger partial charge in [-0.1, -0.05) is 5.16 Å². The van der Waals surface area contributed by atoms with Gasteiger partial charge in [-0.25, -0.2) is 9.97 Å². The van der Waals surface area contributed by atoms with Crippen molar-refractivity contribution in [3.8, 4) is 11.6 Å². The summed E-state index contributed by atoms with van der Waals surface area (Å²) in [6.45, 7) is 2.72. The third-order valence-corrected chi connectivity index (χ3v) is 3.95. The quantitative estimate of drug-likeness (QED) is 0.920. The molecule has 0 amide bonds. The zero-order valence-electron chi connectivity index (χ0n) is 11.6. The van der Waals surface area contributed by atoms with Gasteiger partial charge in [0.25, 0.3) is 0 Å². The molecule has 0 spiro atoms. The lowest BCUT2D eigenvalue weighted by atomic mass is 9.82. The van der Waals surface area contributed by atoms with E-state index in [4.69, 9.17) is 10.3 Å². The Morgan fingerprint density at radius 1 is 1.15 bits per heavy atom. The molecular weight excluding hydrogens is 254 g/mol. The van der Waals surface area contributed by atoms with Crippen molar-refractivity contribution in [2.45, 2.75) is 38.5 Å². The molecule has 0 bridgehead atoms. The molecule has 1 aliphatic carbocycles. The van der Waals surface area contributed by atoms with Crippen molar-refractivity contribution in [1.82, 2.24) is 20.1 Å². The van der Waals surface area contributed by atoms with Crippen molar-refractivity contribution in [3.63, 3.8) is 0 Å². The van der Waals surface area contributed by atoms with Crippen LogP contribution in [0.2, 0.25) is 0 Å². The SMILES string of the molecule is Cc1cnc(-c2noc(C3CCC(CN)CC3)n2)nc1. The smallest absolute Gasteiger partial charge is 0.240 e. The van der Waals surface area contributed by atoms with Gasteiger partial charge in [-0.15, -0.1) is 0 Å². The summed E-state index contributed by atoms with van der Waals surface area (Å²) < 4.78 is 5.39. The molecule has 0 unspecified atom stereocenters. The van der Waals surface area contributed by atoms with E-state index in [2.05, 4.69) is 20.1 Å². The summed E-state index contributed by atoms with van der Waals surface area (Å²) in [4.78, 5) is 12.9. The number of nitrogens with zero attached hydrogens (tertiary/aromatic N) is 4. The van der Waals surface area contributed by atoms with Gasteiger partial charge in [0.1, 0.15) is 0 Å². The van der Waals surface area contributed by atoms with Gasteiger partial charge in [-0.3, -0.25) is 0 Å². The van der Waals surface area contributed by atoms with E-state index < -0.39 is 0 Å². The van der Waals surface area contributed by atoms with Crippen LogP contribution in [0.5, 0.6) is 0 Å². The molecule has 2 N–H and O–H groups in total. The number of hydrogen-bond acceptors (Lipinski definition) is 6. The van der Waals surface area contributed by atoms with Crippen molar-refractivity contribution in [1.29, 1.82) is 0 Å². The van der Waals surface area contributed by atoms with Gasteiger partial charge in [0.05, 0.1) is 0 Å². The third kappa shape index (κ3) is 2.70. The van der Waals surface area contributed by atoms with E-state index in [1.54, 1.807) is 12.4 Å². The summed E-state index contributed by atoms with van der Waals surface area (Å²) in [7, 11) is 0. The normalized spacial score (nSPS) is 22.9. The van der Waals surface area contributed by atoms with Crippen LogP contribution in [0.3, 0.4) is 0 Å². The first-order valence-electron chi connectivity index (χ1n) is 7.09. The zero-order chi connectivity index (χ0) is 13.9. The van der Waals surface area contributed by atoms with Crippen molar-refractivity contribution in [3.05, 3.63) is 23.8 Å². The van der Waals surface area contributed by atoms with E-state index in [0.717, 1.165) is 37.8 Å². The Hall–Kier alpha value is -1.82. The fourth-order valence-corrected chi connectivity index (χ4v) is 2.65. The van der Waals surface area contributed by atoms with Crippen molar-refractivity contribution in [2.24, 2.45) is 11.7 Å². The minimum atomic E-state index is 0.351. The topological polar surface area (TPSA) is 90.7 Å². The summed E-state index contributed by atoms with van der Waals surface area (Å²) in [5, 5.41) is 3.99. The van der Waals surface area contributed by atoms with E-state index in [-0.39, 0.29) is 0 Å².